The van der Waals surface area contributed by atoms with Crippen LogP contribution in [0.1, 0.15) is 0 Å². The van der Waals surface area contributed by atoms with Gasteiger partial charge in [-0.3, -0.25) is 0 Å². The number of hydrogen-bond acceptors (Lipinski definition) is 3. The standard InChI is InChI=1S/C8H3ClN2SSe/c9-4-1-2-6-5(3-4)7-8(12-6)13-11-10-7/h1-3H. The number of thiophene rings is 1. The zero-order valence-corrected chi connectivity index (χ0v) is 9.61. The third-order valence-corrected chi connectivity index (χ3v) is 5.06. The Bertz CT molecular complexity index is 586. The molecule has 0 amide bonds. The van der Waals surface area contributed by atoms with Gasteiger partial charge in [0.2, 0.25) is 0 Å². The molecule has 0 radical (unpaired) electrons. The molecule has 0 aliphatic heterocycles. The first-order valence-electron chi connectivity index (χ1n) is 3.65. The predicted octanol–water partition coefficient (Wildman–Crippen LogP) is 2.55. The third kappa shape index (κ3) is 1.14. The first-order valence-corrected chi connectivity index (χ1v) is 6.46. The van der Waals surface area contributed by atoms with Gasteiger partial charge in [-0.05, 0) is 0 Å². The summed E-state index contributed by atoms with van der Waals surface area (Å²) in [5.41, 5.74) is 1.04. The summed E-state index contributed by atoms with van der Waals surface area (Å²) in [4.78, 5) is 0. The normalized spacial score (nSPS) is 11.5. The van der Waals surface area contributed by atoms with Crippen molar-refractivity contribution in [3.63, 3.8) is 0 Å². The molecule has 0 atom stereocenters. The van der Waals surface area contributed by atoms with Crippen LogP contribution in [-0.2, 0) is 0 Å². The summed E-state index contributed by atoms with van der Waals surface area (Å²) >= 11 is 7.89. The summed E-state index contributed by atoms with van der Waals surface area (Å²) < 4.78 is 6.62. The van der Waals surface area contributed by atoms with Crippen LogP contribution in [0.25, 0.3) is 19.2 Å². The van der Waals surface area contributed by atoms with Gasteiger partial charge >= 0.3 is 89.3 Å². The molecule has 2 aromatic heterocycles. The average Bonchev–Trinajstić information content (AvgIpc) is 2.64. The molecular formula is C8H3ClN2SSe. The number of fused-ring (bicyclic) bond motifs is 3. The van der Waals surface area contributed by atoms with Crippen molar-refractivity contribution in [3.05, 3.63) is 23.2 Å². The monoisotopic (exact) mass is 274 g/mol. The van der Waals surface area contributed by atoms with Crippen molar-refractivity contribution >= 4 is 56.8 Å². The van der Waals surface area contributed by atoms with Gasteiger partial charge < -0.3 is 0 Å². The van der Waals surface area contributed by atoms with E-state index in [-0.39, 0.29) is 14.7 Å². The molecule has 0 unspecified atom stereocenters. The zero-order valence-electron chi connectivity index (χ0n) is 6.32. The topological polar surface area (TPSA) is 25.8 Å². The number of benzene rings is 1. The van der Waals surface area contributed by atoms with Crippen molar-refractivity contribution in [2.75, 3.05) is 0 Å². The van der Waals surface area contributed by atoms with Crippen LogP contribution in [0, 0.1) is 0 Å². The summed E-state index contributed by atoms with van der Waals surface area (Å²) in [5.74, 6) is 0. The van der Waals surface area contributed by atoms with Crippen LogP contribution < -0.4 is 0 Å². The van der Waals surface area contributed by atoms with Crippen molar-refractivity contribution < 1.29 is 0 Å². The van der Waals surface area contributed by atoms with Crippen LogP contribution in [0.5, 0.6) is 0 Å². The fourth-order valence-corrected chi connectivity index (χ4v) is 4.23. The third-order valence-electron chi connectivity index (χ3n) is 1.86. The molecule has 0 bridgehead atoms. The summed E-state index contributed by atoms with van der Waals surface area (Å²) in [5, 5.41) is 6.05. The van der Waals surface area contributed by atoms with E-state index in [1.807, 2.05) is 18.2 Å². The molecule has 0 fully saturated rings. The van der Waals surface area contributed by atoms with Crippen LogP contribution in [0.15, 0.2) is 18.2 Å². The Labute approximate surface area is 89.1 Å². The molecule has 5 heteroatoms. The summed E-state index contributed by atoms with van der Waals surface area (Å²) in [6.07, 6.45) is 0. The zero-order chi connectivity index (χ0) is 8.84. The second-order valence-electron chi connectivity index (χ2n) is 2.65. The molecule has 0 N–H and O–H groups in total. The average molecular weight is 274 g/mol. The molecular weight excluding hydrogens is 271 g/mol. The Morgan fingerprint density at radius 2 is 2.31 bits per heavy atom. The summed E-state index contributed by atoms with van der Waals surface area (Å²) in [6.45, 7) is 0. The number of hydrogen-bond donors (Lipinski definition) is 0. The number of aromatic nitrogens is 2. The van der Waals surface area contributed by atoms with E-state index in [1.54, 1.807) is 11.3 Å². The van der Waals surface area contributed by atoms with E-state index >= 15 is 0 Å². The second-order valence-corrected chi connectivity index (χ2v) is 6.31. The van der Waals surface area contributed by atoms with E-state index in [0.717, 1.165) is 15.9 Å². The van der Waals surface area contributed by atoms with E-state index in [0.29, 0.717) is 0 Å². The van der Waals surface area contributed by atoms with Crippen molar-refractivity contribution in [1.82, 2.24) is 9.19 Å². The minimum atomic E-state index is 0.200. The minimum absolute atomic E-state index is 0.200. The number of rotatable bonds is 0. The van der Waals surface area contributed by atoms with Gasteiger partial charge in [-0.25, -0.2) is 0 Å². The predicted molar refractivity (Wildman–Crippen MR) is 56.9 cm³/mol. The molecule has 0 saturated heterocycles. The van der Waals surface area contributed by atoms with E-state index in [1.165, 1.54) is 8.27 Å². The van der Waals surface area contributed by atoms with E-state index in [2.05, 4.69) is 9.19 Å². The quantitative estimate of drug-likeness (QED) is 0.588. The van der Waals surface area contributed by atoms with Crippen molar-refractivity contribution in [1.29, 1.82) is 0 Å². The van der Waals surface area contributed by atoms with Crippen molar-refractivity contribution in [2.24, 2.45) is 0 Å². The van der Waals surface area contributed by atoms with Gasteiger partial charge in [0.25, 0.3) is 0 Å². The number of nitrogens with zero attached hydrogens (tertiary/aromatic N) is 2. The first-order chi connectivity index (χ1) is 6.34. The number of halogens is 1. The van der Waals surface area contributed by atoms with Crippen LogP contribution in [0.3, 0.4) is 0 Å². The van der Waals surface area contributed by atoms with E-state index in [9.17, 15) is 0 Å². The van der Waals surface area contributed by atoms with Gasteiger partial charge in [0.1, 0.15) is 0 Å². The van der Waals surface area contributed by atoms with Gasteiger partial charge in [-0.1, -0.05) is 0 Å². The molecule has 2 nitrogen and oxygen atoms in total. The molecule has 0 aliphatic carbocycles. The van der Waals surface area contributed by atoms with Crippen LogP contribution in [0.2, 0.25) is 5.02 Å². The second kappa shape index (κ2) is 2.79. The van der Waals surface area contributed by atoms with Gasteiger partial charge in [0, 0.05) is 0 Å². The summed E-state index contributed by atoms with van der Waals surface area (Å²) in [6, 6.07) is 5.93. The molecule has 64 valence electrons. The van der Waals surface area contributed by atoms with E-state index in [4.69, 9.17) is 11.6 Å². The molecule has 0 aliphatic rings. The van der Waals surface area contributed by atoms with Crippen LogP contribution in [0.4, 0.5) is 0 Å². The van der Waals surface area contributed by atoms with Crippen LogP contribution >= 0.6 is 22.9 Å². The Morgan fingerprint density at radius 1 is 1.38 bits per heavy atom. The molecule has 0 saturated carbocycles. The van der Waals surface area contributed by atoms with Gasteiger partial charge in [-0.15, -0.1) is 0 Å². The Balaban J connectivity index is 2.61. The molecule has 1 aromatic carbocycles. The molecule has 3 rings (SSSR count). The molecule has 3 aromatic rings. The fraction of sp³-hybridized carbons (Fsp3) is 0. The fourth-order valence-electron chi connectivity index (χ4n) is 1.29. The molecule has 13 heavy (non-hydrogen) atoms. The Hall–Kier alpha value is -0.411. The molecule has 2 heterocycles. The van der Waals surface area contributed by atoms with Gasteiger partial charge in [-0.2, -0.15) is 0 Å². The Morgan fingerprint density at radius 3 is 3.23 bits per heavy atom. The SMILES string of the molecule is Clc1ccc2sc3[se]nnc3c2c1. The van der Waals surface area contributed by atoms with Gasteiger partial charge in [0.15, 0.2) is 0 Å². The first kappa shape index (κ1) is 7.94. The summed E-state index contributed by atoms with van der Waals surface area (Å²) in [7, 11) is 0. The maximum atomic E-state index is 5.91. The maximum absolute atomic E-state index is 5.91. The van der Waals surface area contributed by atoms with Gasteiger partial charge in [0.05, 0.1) is 0 Å². The van der Waals surface area contributed by atoms with Crippen molar-refractivity contribution in [3.8, 4) is 0 Å². The van der Waals surface area contributed by atoms with Crippen molar-refractivity contribution in [2.45, 2.75) is 0 Å². The molecule has 0 spiro atoms. The van der Waals surface area contributed by atoms with E-state index < -0.39 is 0 Å². The Kier molecular flexibility index (Phi) is 1.70. The van der Waals surface area contributed by atoms with Crippen LogP contribution in [-0.4, -0.2) is 23.9 Å².